The third-order valence-electron chi connectivity index (χ3n) is 2.85. The molecule has 0 aliphatic heterocycles. The SMILES string of the molecule is CC(C)CCCOCc1cc(CNC(C)(C)C)co1. The van der Waals surface area contributed by atoms with Crippen molar-refractivity contribution < 1.29 is 9.15 Å². The minimum absolute atomic E-state index is 0.130. The Hall–Kier alpha value is -0.800. The molecule has 1 aromatic rings. The molecule has 1 heterocycles. The monoisotopic (exact) mass is 267 g/mol. The van der Waals surface area contributed by atoms with Crippen LogP contribution >= 0.6 is 0 Å². The maximum Gasteiger partial charge on any atom is 0.129 e. The molecule has 3 nitrogen and oxygen atoms in total. The van der Waals surface area contributed by atoms with Gasteiger partial charge in [0.25, 0.3) is 0 Å². The smallest absolute Gasteiger partial charge is 0.129 e. The Morgan fingerprint density at radius 2 is 2.05 bits per heavy atom. The maximum atomic E-state index is 5.61. The zero-order valence-electron chi connectivity index (χ0n) is 13.1. The summed E-state index contributed by atoms with van der Waals surface area (Å²) in [5.41, 5.74) is 1.31. The molecule has 0 fully saturated rings. The molecule has 1 aromatic heterocycles. The van der Waals surface area contributed by atoms with E-state index in [-0.39, 0.29) is 5.54 Å². The van der Waals surface area contributed by atoms with Gasteiger partial charge in [-0.3, -0.25) is 0 Å². The van der Waals surface area contributed by atoms with Gasteiger partial charge in [-0.15, -0.1) is 0 Å². The third kappa shape index (κ3) is 8.06. The van der Waals surface area contributed by atoms with Crippen molar-refractivity contribution in [3.8, 4) is 0 Å². The highest BCUT2D eigenvalue weighted by molar-refractivity contribution is 5.12. The summed E-state index contributed by atoms with van der Waals surface area (Å²) in [5.74, 6) is 1.66. The molecular formula is C16H29NO2. The lowest BCUT2D eigenvalue weighted by Crippen LogP contribution is -2.34. The molecule has 0 aliphatic carbocycles. The van der Waals surface area contributed by atoms with E-state index in [1.807, 2.05) is 6.26 Å². The van der Waals surface area contributed by atoms with Crippen molar-refractivity contribution in [1.29, 1.82) is 0 Å². The molecule has 0 spiro atoms. The van der Waals surface area contributed by atoms with Gasteiger partial charge in [0.15, 0.2) is 0 Å². The Labute approximate surface area is 117 Å². The molecule has 0 aromatic carbocycles. The van der Waals surface area contributed by atoms with Gasteiger partial charge in [0.2, 0.25) is 0 Å². The van der Waals surface area contributed by atoms with Crippen molar-refractivity contribution in [3.05, 3.63) is 23.7 Å². The zero-order chi connectivity index (χ0) is 14.3. The molecule has 19 heavy (non-hydrogen) atoms. The number of hydrogen-bond acceptors (Lipinski definition) is 3. The Balaban J connectivity index is 2.20. The third-order valence-corrected chi connectivity index (χ3v) is 2.85. The molecule has 1 rings (SSSR count). The van der Waals surface area contributed by atoms with E-state index in [9.17, 15) is 0 Å². The summed E-state index contributed by atoms with van der Waals surface area (Å²) in [7, 11) is 0. The van der Waals surface area contributed by atoms with Crippen molar-refractivity contribution >= 4 is 0 Å². The number of nitrogens with one attached hydrogen (secondary N) is 1. The van der Waals surface area contributed by atoms with Crippen LogP contribution in [0.15, 0.2) is 16.7 Å². The highest BCUT2D eigenvalue weighted by atomic mass is 16.5. The Morgan fingerprint density at radius 1 is 1.32 bits per heavy atom. The van der Waals surface area contributed by atoms with Gasteiger partial charge in [-0.2, -0.15) is 0 Å². The highest BCUT2D eigenvalue weighted by Gasteiger charge is 2.09. The van der Waals surface area contributed by atoms with Crippen molar-refractivity contribution in [2.45, 2.75) is 66.2 Å². The molecular weight excluding hydrogens is 238 g/mol. The van der Waals surface area contributed by atoms with E-state index < -0.39 is 0 Å². The van der Waals surface area contributed by atoms with Crippen LogP contribution in [0.5, 0.6) is 0 Å². The van der Waals surface area contributed by atoms with E-state index in [1.54, 1.807) is 0 Å². The summed E-state index contributed by atoms with van der Waals surface area (Å²) in [5, 5.41) is 3.44. The van der Waals surface area contributed by atoms with Gasteiger partial charge in [-0.05, 0) is 45.6 Å². The molecule has 0 atom stereocenters. The van der Waals surface area contributed by atoms with Crippen LogP contribution in [-0.4, -0.2) is 12.1 Å². The molecule has 0 saturated carbocycles. The molecule has 0 unspecified atom stereocenters. The highest BCUT2D eigenvalue weighted by Crippen LogP contribution is 2.11. The Bertz CT molecular complexity index is 350. The summed E-state index contributed by atoms with van der Waals surface area (Å²) in [4.78, 5) is 0. The van der Waals surface area contributed by atoms with Crippen molar-refractivity contribution in [2.75, 3.05) is 6.61 Å². The van der Waals surface area contributed by atoms with Crippen molar-refractivity contribution in [3.63, 3.8) is 0 Å². The van der Waals surface area contributed by atoms with Gasteiger partial charge in [0.05, 0.1) is 6.26 Å². The normalized spacial score (nSPS) is 12.3. The second-order valence-electron chi connectivity index (χ2n) is 6.61. The average Bonchev–Trinajstić information content (AvgIpc) is 2.72. The van der Waals surface area contributed by atoms with Crippen LogP contribution in [0.1, 0.15) is 58.8 Å². The van der Waals surface area contributed by atoms with Crippen molar-refractivity contribution in [2.24, 2.45) is 5.92 Å². The van der Waals surface area contributed by atoms with Gasteiger partial charge in [-0.1, -0.05) is 13.8 Å². The molecule has 1 N–H and O–H groups in total. The van der Waals surface area contributed by atoms with Gasteiger partial charge in [0.1, 0.15) is 12.4 Å². The molecule has 3 heteroatoms. The summed E-state index contributed by atoms with van der Waals surface area (Å²) in [6.07, 6.45) is 4.15. The van der Waals surface area contributed by atoms with Crippen LogP contribution in [0.25, 0.3) is 0 Å². The van der Waals surface area contributed by atoms with Gasteiger partial charge in [-0.25, -0.2) is 0 Å². The maximum absolute atomic E-state index is 5.61. The predicted octanol–water partition coefficient (Wildman–Crippen LogP) is 4.12. The molecule has 0 saturated heterocycles. The first kappa shape index (κ1) is 16.3. The Kier molecular flexibility index (Phi) is 6.59. The van der Waals surface area contributed by atoms with Gasteiger partial charge < -0.3 is 14.5 Å². The van der Waals surface area contributed by atoms with Crippen LogP contribution in [0.3, 0.4) is 0 Å². The number of ether oxygens (including phenoxy) is 1. The number of rotatable bonds is 8. The fourth-order valence-electron chi connectivity index (χ4n) is 1.73. The van der Waals surface area contributed by atoms with Crippen molar-refractivity contribution in [1.82, 2.24) is 5.32 Å². The second kappa shape index (κ2) is 7.71. The van der Waals surface area contributed by atoms with E-state index in [0.29, 0.717) is 6.61 Å². The van der Waals surface area contributed by atoms with Gasteiger partial charge >= 0.3 is 0 Å². The minimum Gasteiger partial charge on any atom is -0.467 e. The molecule has 0 aliphatic rings. The van der Waals surface area contributed by atoms with E-state index in [2.05, 4.69) is 46.0 Å². The van der Waals surface area contributed by atoms with E-state index in [0.717, 1.165) is 31.3 Å². The molecule has 0 bridgehead atoms. The summed E-state index contributed by atoms with van der Waals surface area (Å²) >= 11 is 0. The average molecular weight is 267 g/mol. The summed E-state index contributed by atoms with van der Waals surface area (Å²) in [6, 6.07) is 2.07. The quantitative estimate of drug-likeness (QED) is 0.719. The molecule has 110 valence electrons. The van der Waals surface area contributed by atoms with Crippen LogP contribution in [0, 0.1) is 5.92 Å². The first-order valence-electron chi connectivity index (χ1n) is 7.26. The minimum atomic E-state index is 0.130. The standard InChI is InChI=1S/C16H29NO2/c1-13(2)7-6-8-18-12-15-9-14(11-19-15)10-17-16(3,4)5/h9,11,13,17H,6-8,10,12H2,1-5H3. The van der Waals surface area contributed by atoms with E-state index >= 15 is 0 Å². The topological polar surface area (TPSA) is 34.4 Å². The lowest BCUT2D eigenvalue weighted by atomic mass is 10.1. The van der Waals surface area contributed by atoms with Crippen LogP contribution in [0.2, 0.25) is 0 Å². The lowest BCUT2D eigenvalue weighted by molar-refractivity contribution is 0.101. The number of furan rings is 1. The fourth-order valence-corrected chi connectivity index (χ4v) is 1.73. The van der Waals surface area contributed by atoms with Crippen LogP contribution < -0.4 is 5.32 Å². The zero-order valence-corrected chi connectivity index (χ0v) is 13.1. The van der Waals surface area contributed by atoms with Crippen LogP contribution in [-0.2, 0) is 17.9 Å². The van der Waals surface area contributed by atoms with Crippen LogP contribution in [0.4, 0.5) is 0 Å². The Morgan fingerprint density at radius 3 is 2.68 bits per heavy atom. The van der Waals surface area contributed by atoms with Gasteiger partial charge in [0, 0.05) is 24.3 Å². The predicted molar refractivity (Wildman–Crippen MR) is 79.0 cm³/mol. The first-order valence-corrected chi connectivity index (χ1v) is 7.26. The number of hydrogen-bond donors (Lipinski definition) is 1. The summed E-state index contributed by atoms with van der Waals surface area (Å²) < 4.78 is 11.1. The lowest BCUT2D eigenvalue weighted by Gasteiger charge is -2.19. The van der Waals surface area contributed by atoms with E-state index in [4.69, 9.17) is 9.15 Å². The summed E-state index contributed by atoms with van der Waals surface area (Å²) in [6.45, 7) is 13.2. The molecule has 0 radical (unpaired) electrons. The fraction of sp³-hybridized carbons (Fsp3) is 0.750. The molecule has 0 amide bonds. The largest absolute Gasteiger partial charge is 0.467 e. The first-order chi connectivity index (χ1) is 8.87. The van der Waals surface area contributed by atoms with E-state index in [1.165, 1.54) is 12.0 Å². The second-order valence-corrected chi connectivity index (χ2v) is 6.61.